The van der Waals surface area contributed by atoms with Gasteiger partial charge < -0.3 is 15.2 Å². The van der Waals surface area contributed by atoms with E-state index in [0.717, 1.165) is 26.2 Å². The first-order valence-electron chi connectivity index (χ1n) is 5.66. The summed E-state index contributed by atoms with van der Waals surface area (Å²) in [7, 11) is -0.313. The zero-order valence-corrected chi connectivity index (χ0v) is 11.3. The van der Waals surface area contributed by atoms with Gasteiger partial charge in [0.1, 0.15) is 5.41 Å². The molecule has 4 heteroatoms. The van der Waals surface area contributed by atoms with E-state index >= 15 is 0 Å². The minimum atomic E-state index is -0.313. The van der Waals surface area contributed by atoms with Crippen LogP contribution in [0.1, 0.15) is 33.6 Å². The van der Waals surface area contributed by atoms with Crippen molar-refractivity contribution in [1.82, 2.24) is 0 Å². The second-order valence-corrected chi connectivity index (χ2v) is 6.09. The van der Waals surface area contributed by atoms with Gasteiger partial charge in [0.15, 0.2) is 0 Å². The van der Waals surface area contributed by atoms with Gasteiger partial charge in [0, 0.05) is 13.2 Å². The molecule has 0 aromatic rings. The summed E-state index contributed by atoms with van der Waals surface area (Å²) in [4.78, 5) is 0. The summed E-state index contributed by atoms with van der Waals surface area (Å²) in [5, 5.41) is 0. The van der Waals surface area contributed by atoms with E-state index in [9.17, 15) is 0 Å². The van der Waals surface area contributed by atoms with Crippen LogP contribution in [0.5, 0.6) is 0 Å². The largest absolute Gasteiger partial charge is 0.355 e. The van der Waals surface area contributed by atoms with E-state index in [4.69, 9.17) is 15.2 Å². The second-order valence-electron chi connectivity index (χ2n) is 3.60. The van der Waals surface area contributed by atoms with Crippen LogP contribution in [0.4, 0.5) is 0 Å². The predicted molar refractivity (Wildman–Crippen MR) is 63.3 cm³/mol. The Kier molecular flexibility index (Phi) is 8.47. The molecule has 0 saturated heterocycles. The van der Waals surface area contributed by atoms with Crippen LogP contribution in [0.2, 0.25) is 6.04 Å². The fraction of sp³-hybridized carbons (Fsp3) is 1.00. The molecule has 0 atom stereocenters. The van der Waals surface area contributed by atoms with Crippen LogP contribution in [0.15, 0.2) is 0 Å². The van der Waals surface area contributed by atoms with Gasteiger partial charge >= 0.3 is 0 Å². The van der Waals surface area contributed by atoms with Gasteiger partial charge in [-0.15, -0.1) is 0 Å². The van der Waals surface area contributed by atoms with Crippen molar-refractivity contribution >= 4 is 9.52 Å². The van der Waals surface area contributed by atoms with Crippen LogP contribution >= 0.6 is 0 Å². The van der Waals surface area contributed by atoms with E-state index in [1.54, 1.807) is 0 Å². The highest BCUT2D eigenvalue weighted by atomic mass is 28.2. The Balaban J connectivity index is 3.71. The van der Waals surface area contributed by atoms with Crippen molar-refractivity contribution in [1.29, 1.82) is 0 Å². The Morgan fingerprint density at radius 3 is 2.14 bits per heavy atom. The van der Waals surface area contributed by atoms with Gasteiger partial charge in [-0.25, -0.2) is 0 Å². The third-order valence-corrected chi connectivity index (χ3v) is 4.40. The standard InChI is InChI=1S/C10H25NO2Si/c1-4-12-10(3,13-5-2)14-9-7-6-8-11/h4-9,11,14H2,1-3H3. The zero-order valence-electron chi connectivity index (χ0n) is 9.84. The second kappa shape index (κ2) is 8.41. The molecule has 0 radical (unpaired) electrons. The number of rotatable bonds is 9. The van der Waals surface area contributed by atoms with E-state index in [2.05, 4.69) is 6.92 Å². The topological polar surface area (TPSA) is 44.5 Å². The molecule has 0 aliphatic heterocycles. The van der Waals surface area contributed by atoms with Crippen LogP contribution in [0.3, 0.4) is 0 Å². The lowest BCUT2D eigenvalue weighted by atomic mass is 10.3. The molecule has 0 saturated carbocycles. The van der Waals surface area contributed by atoms with Gasteiger partial charge in [0.25, 0.3) is 0 Å². The Bertz CT molecular complexity index is 127. The number of nitrogens with two attached hydrogens (primary N) is 1. The molecule has 0 amide bonds. The molecule has 0 bridgehead atoms. The number of hydrogen-bond acceptors (Lipinski definition) is 3. The van der Waals surface area contributed by atoms with E-state index in [-0.39, 0.29) is 14.9 Å². The van der Waals surface area contributed by atoms with Gasteiger partial charge in [-0.3, -0.25) is 0 Å². The molecule has 14 heavy (non-hydrogen) atoms. The summed E-state index contributed by atoms with van der Waals surface area (Å²) in [5.41, 5.74) is 5.20. The summed E-state index contributed by atoms with van der Waals surface area (Å²) >= 11 is 0. The molecule has 0 spiro atoms. The molecular formula is C10H25NO2Si. The molecule has 0 unspecified atom stereocenters. The van der Waals surface area contributed by atoms with Crippen molar-refractivity contribution in [3.63, 3.8) is 0 Å². The Labute approximate surface area is 90.2 Å². The molecular weight excluding hydrogens is 194 g/mol. The van der Waals surface area contributed by atoms with E-state index in [1.807, 2.05) is 13.8 Å². The zero-order chi connectivity index (χ0) is 10.9. The lowest BCUT2D eigenvalue weighted by molar-refractivity contribution is -0.163. The third-order valence-electron chi connectivity index (χ3n) is 2.23. The first-order chi connectivity index (χ1) is 6.68. The maximum absolute atomic E-state index is 5.66. The van der Waals surface area contributed by atoms with Crippen molar-refractivity contribution in [2.75, 3.05) is 19.8 Å². The summed E-state index contributed by atoms with van der Waals surface area (Å²) in [6.45, 7) is 8.39. The average Bonchev–Trinajstić information content (AvgIpc) is 2.13. The fourth-order valence-electron chi connectivity index (χ4n) is 1.56. The van der Waals surface area contributed by atoms with Gasteiger partial charge in [0.2, 0.25) is 0 Å². The molecule has 0 aromatic carbocycles. The van der Waals surface area contributed by atoms with Crippen LogP contribution in [0.25, 0.3) is 0 Å². The van der Waals surface area contributed by atoms with E-state index in [1.165, 1.54) is 12.5 Å². The van der Waals surface area contributed by atoms with Gasteiger partial charge in [0.05, 0.1) is 9.52 Å². The van der Waals surface area contributed by atoms with Crippen LogP contribution in [0, 0.1) is 0 Å². The SMILES string of the molecule is CCOC(C)(OCC)[SiH2]CCCCN. The molecule has 3 nitrogen and oxygen atoms in total. The molecule has 0 aliphatic rings. The highest BCUT2D eigenvalue weighted by Crippen LogP contribution is 2.13. The van der Waals surface area contributed by atoms with Crippen molar-refractivity contribution in [3.8, 4) is 0 Å². The summed E-state index contributed by atoms with van der Waals surface area (Å²) in [6, 6.07) is 1.26. The van der Waals surface area contributed by atoms with Crippen molar-refractivity contribution in [2.45, 2.75) is 45.1 Å². The average molecular weight is 219 g/mol. The minimum Gasteiger partial charge on any atom is -0.355 e. The highest BCUT2D eigenvalue weighted by Gasteiger charge is 2.23. The Hall–Kier alpha value is 0.0969. The molecule has 0 rings (SSSR count). The van der Waals surface area contributed by atoms with Crippen molar-refractivity contribution in [3.05, 3.63) is 0 Å². The van der Waals surface area contributed by atoms with Crippen LogP contribution in [-0.2, 0) is 9.47 Å². The summed E-state index contributed by atoms with van der Waals surface area (Å²) < 4.78 is 11.3. The molecule has 0 aliphatic carbocycles. The van der Waals surface area contributed by atoms with Gasteiger partial charge in [-0.1, -0.05) is 12.5 Å². The normalized spacial score (nSPS) is 12.9. The van der Waals surface area contributed by atoms with Crippen LogP contribution in [-0.4, -0.2) is 34.7 Å². The fourth-order valence-corrected chi connectivity index (χ4v) is 3.51. The lowest BCUT2D eigenvalue weighted by Gasteiger charge is -2.29. The molecule has 0 aromatic heterocycles. The molecule has 86 valence electrons. The highest BCUT2D eigenvalue weighted by molar-refractivity contribution is 6.38. The first-order valence-corrected chi connectivity index (χ1v) is 7.37. The maximum Gasteiger partial charge on any atom is 0.142 e. The summed E-state index contributed by atoms with van der Waals surface area (Å²) in [5.74, 6) is 0. The summed E-state index contributed by atoms with van der Waals surface area (Å²) in [6.07, 6.45) is 2.35. The van der Waals surface area contributed by atoms with Crippen LogP contribution < -0.4 is 5.73 Å². The Morgan fingerprint density at radius 2 is 1.71 bits per heavy atom. The smallest absolute Gasteiger partial charge is 0.142 e. The monoisotopic (exact) mass is 219 g/mol. The van der Waals surface area contributed by atoms with Crippen molar-refractivity contribution in [2.24, 2.45) is 5.73 Å². The van der Waals surface area contributed by atoms with Crippen molar-refractivity contribution < 1.29 is 9.47 Å². The third kappa shape index (κ3) is 6.54. The van der Waals surface area contributed by atoms with E-state index in [0.29, 0.717) is 0 Å². The number of ether oxygens (including phenoxy) is 2. The molecule has 2 N–H and O–H groups in total. The minimum absolute atomic E-state index is 0.252. The quantitative estimate of drug-likeness (QED) is 0.358. The van der Waals surface area contributed by atoms with E-state index < -0.39 is 0 Å². The lowest BCUT2D eigenvalue weighted by Crippen LogP contribution is -2.39. The first kappa shape index (κ1) is 14.1. The predicted octanol–water partition coefficient (Wildman–Crippen LogP) is 1.06. The molecule has 0 heterocycles. The van der Waals surface area contributed by atoms with Gasteiger partial charge in [-0.2, -0.15) is 0 Å². The number of unbranched alkanes of at least 4 members (excludes halogenated alkanes) is 1. The Morgan fingerprint density at radius 1 is 1.14 bits per heavy atom. The number of hydrogen-bond donors (Lipinski definition) is 1. The maximum atomic E-state index is 5.66. The molecule has 0 fully saturated rings. The van der Waals surface area contributed by atoms with Gasteiger partial charge in [-0.05, 0) is 33.7 Å².